The highest BCUT2D eigenvalue weighted by Gasteiger charge is 2.31. The molecule has 206 valence electrons. The number of esters is 2. The summed E-state index contributed by atoms with van der Waals surface area (Å²) < 4.78 is 10.3. The summed E-state index contributed by atoms with van der Waals surface area (Å²) >= 11 is 5.48. The predicted molar refractivity (Wildman–Crippen MR) is 155 cm³/mol. The molecule has 0 bridgehead atoms. The number of carbonyl (C=O) groups is 5. The largest absolute Gasteiger partial charge is 0.464 e. The summed E-state index contributed by atoms with van der Waals surface area (Å²) in [4.78, 5) is 62.2. The minimum Gasteiger partial charge on any atom is -0.464 e. The van der Waals surface area contributed by atoms with Gasteiger partial charge < -0.3 is 40.3 Å². The summed E-state index contributed by atoms with van der Waals surface area (Å²) in [7, 11) is 0. The number of hydrogen-bond donors (Lipinski definition) is 5. The summed E-state index contributed by atoms with van der Waals surface area (Å²) in [6, 6.07) is 0. The second-order valence-corrected chi connectivity index (χ2v) is 10.5. The third-order valence-electron chi connectivity index (χ3n) is 4.42. The number of benzene rings is 1. The molecule has 0 saturated heterocycles. The number of aliphatic hydroxyl groups is 3. The molecule has 0 aromatic heterocycles. The molecular formula is C21H26I3N3O10. The van der Waals surface area contributed by atoms with Crippen molar-refractivity contribution in [3.8, 4) is 0 Å². The van der Waals surface area contributed by atoms with Gasteiger partial charge in [0.05, 0.1) is 49.8 Å². The van der Waals surface area contributed by atoms with Crippen LogP contribution in [-0.2, 0) is 23.9 Å². The number of halogens is 3. The highest BCUT2D eigenvalue weighted by molar-refractivity contribution is 14.1. The van der Waals surface area contributed by atoms with Crippen LogP contribution in [-0.4, -0.2) is 102 Å². The molecule has 1 rings (SSSR count). The number of hydrogen-bond acceptors (Lipinski definition) is 10. The van der Waals surface area contributed by atoms with Gasteiger partial charge in [0.15, 0.2) is 6.61 Å². The lowest BCUT2D eigenvalue weighted by molar-refractivity contribution is -0.145. The molecule has 3 amide bonds. The Labute approximate surface area is 253 Å². The summed E-state index contributed by atoms with van der Waals surface area (Å²) in [6.45, 7) is 0.129. The van der Waals surface area contributed by atoms with Gasteiger partial charge in [0.1, 0.15) is 6.61 Å². The van der Waals surface area contributed by atoms with Gasteiger partial charge in [-0.3, -0.25) is 24.0 Å². The van der Waals surface area contributed by atoms with Crippen molar-refractivity contribution in [3.63, 3.8) is 0 Å². The summed E-state index contributed by atoms with van der Waals surface area (Å²) in [5.41, 5.74) is 0.161. The zero-order valence-corrected chi connectivity index (χ0v) is 26.3. The van der Waals surface area contributed by atoms with Crippen LogP contribution in [0.5, 0.6) is 0 Å². The molecule has 0 spiro atoms. The van der Waals surface area contributed by atoms with E-state index in [2.05, 4.69) is 10.6 Å². The van der Waals surface area contributed by atoms with E-state index < -0.39 is 55.6 Å². The van der Waals surface area contributed by atoms with Gasteiger partial charge in [-0.15, -0.1) is 0 Å². The van der Waals surface area contributed by atoms with E-state index >= 15 is 0 Å². The molecule has 37 heavy (non-hydrogen) atoms. The second-order valence-electron chi connectivity index (χ2n) is 7.30. The molecule has 0 aliphatic heterocycles. The van der Waals surface area contributed by atoms with Crippen LogP contribution in [0.2, 0.25) is 0 Å². The zero-order chi connectivity index (χ0) is 28.3. The van der Waals surface area contributed by atoms with E-state index in [0.717, 1.165) is 11.8 Å². The molecule has 1 aromatic carbocycles. The maximum atomic E-state index is 13.5. The standard InChI is InChI=1S/C21H26I3N3O10/c1-10(30)36-6-3-25-20(34)14-16(22)15(21(35)27(4-5-28)7-12(32)8-29)18(24)19(17(14)23)26-13(33)9-37-11(2)31/h12,28-29,32H,3-9H2,1-2H3,(H,25,34)(H,26,33). The fraction of sp³-hybridized carbons (Fsp3) is 0.476. The van der Waals surface area contributed by atoms with Crippen molar-refractivity contribution in [1.29, 1.82) is 0 Å². The van der Waals surface area contributed by atoms with Crippen LogP contribution < -0.4 is 10.6 Å². The Kier molecular flexibility index (Phi) is 15.1. The summed E-state index contributed by atoms with van der Waals surface area (Å²) in [6.07, 6.45) is -1.28. The Hall–Kier alpha value is -1.36. The molecule has 0 aliphatic carbocycles. The quantitative estimate of drug-likeness (QED) is 0.103. The monoisotopic (exact) mass is 861 g/mol. The van der Waals surface area contributed by atoms with Gasteiger partial charge in [-0.2, -0.15) is 0 Å². The molecule has 13 nitrogen and oxygen atoms in total. The molecule has 16 heteroatoms. The smallest absolute Gasteiger partial charge is 0.303 e. The van der Waals surface area contributed by atoms with Gasteiger partial charge in [0, 0.05) is 30.5 Å². The first-order valence-corrected chi connectivity index (χ1v) is 13.8. The van der Waals surface area contributed by atoms with Crippen LogP contribution in [0.3, 0.4) is 0 Å². The maximum absolute atomic E-state index is 13.5. The fourth-order valence-corrected chi connectivity index (χ4v) is 7.21. The normalized spacial score (nSPS) is 11.4. The molecule has 0 heterocycles. The molecule has 5 N–H and O–H groups in total. The zero-order valence-electron chi connectivity index (χ0n) is 19.8. The van der Waals surface area contributed by atoms with E-state index in [1.54, 1.807) is 0 Å². The lowest BCUT2D eigenvalue weighted by atomic mass is 10.1. The van der Waals surface area contributed by atoms with Crippen LogP contribution in [0.4, 0.5) is 5.69 Å². The van der Waals surface area contributed by atoms with Gasteiger partial charge in [0.25, 0.3) is 17.7 Å². The highest BCUT2D eigenvalue weighted by Crippen LogP contribution is 2.36. The average Bonchev–Trinajstić information content (AvgIpc) is 2.82. The maximum Gasteiger partial charge on any atom is 0.303 e. The molecule has 0 radical (unpaired) electrons. The minimum absolute atomic E-state index is 0.00753. The number of aliphatic hydroxyl groups excluding tert-OH is 3. The van der Waals surface area contributed by atoms with Gasteiger partial charge in [0.2, 0.25) is 0 Å². The Morgan fingerprint density at radius 3 is 2.08 bits per heavy atom. The Morgan fingerprint density at radius 2 is 1.54 bits per heavy atom. The number of rotatable bonds is 13. The molecule has 0 saturated carbocycles. The Balaban J connectivity index is 3.59. The average molecular weight is 861 g/mol. The van der Waals surface area contributed by atoms with E-state index in [4.69, 9.17) is 9.47 Å². The molecule has 0 fully saturated rings. The molecule has 1 atom stereocenters. The first kappa shape index (κ1) is 33.7. The Morgan fingerprint density at radius 1 is 0.946 bits per heavy atom. The van der Waals surface area contributed by atoms with E-state index in [9.17, 15) is 39.3 Å². The van der Waals surface area contributed by atoms with Crippen molar-refractivity contribution in [2.24, 2.45) is 0 Å². The fourth-order valence-electron chi connectivity index (χ4n) is 2.82. The Bertz CT molecular complexity index is 1040. The minimum atomic E-state index is -1.28. The van der Waals surface area contributed by atoms with Gasteiger partial charge >= 0.3 is 11.9 Å². The third-order valence-corrected chi connectivity index (χ3v) is 7.66. The van der Waals surface area contributed by atoms with E-state index in [-0.39, 0.29) is 53.8 Å². The van der Waals surface area contributed by atoms with Crippen molar-refractivity contribution in [2.75, 3.05) is 51.4 Å². The lowest BCUT2D eigenvalue weighted by Crippen LogP contribution is -2.41. The summed E-state index contributed by atoms with van der Waals surface area (Å²) in [5, 5.41) is 33.7. The van der Waals surface area contributed by atoms with Crippen molar-refractivity contribution in [1.82, 2.24) is 10.2 Å². The molecule has 1 unspecified atom stereocenters. The molecular weight excluding hydrogens is 835 g/mol. The third kappa shape index (κ3) is 10.4. The van der Waals surface area contributed by atoms with Crippen molar-refractivity contribution < 1.29 is 48.8 Å². The highest BCUT2D eigenvalue weighted by atomic mass is 127. The molecule has 1 aromatic rings. The van der Waals surface area contributed by atoms with Gasteiger partial charge in [-0.25, -0.2) is 0 Å². The number of nitrogens with one attached hydrogen (secondary N) is 2. The number of anilines is 1. The van der Waals surface area contributed by atoms with Crippen LogP contribution in [0, 0.1) is 10.7 Å². The van der Waals surface area contributed by atoms with Gasteiger partial charge in [-0.05, 0) is 67.8 Å². The van der Waals surface area contributed by atoms with Crippen molar-refractivity contribution >= 4 is 103 Å². The van der Waals surface area contributed by atoms with E-state index in [1.165, 1.54) is 6.92 Å². The van der Waals surface area contributed by atoms with E-state index in [1.807, 2.05) is 67.8 Å². The number of nitrogens with zero attached hydrogens (tertiary/aromatic N) is 1. The lowest BCUT2D eigenvalue weighted by Gasteiger charge is -2.26. The first-order valence-electron chi connectivity index (χ1n) is 10.6. The van der Waals surface area contributed by atoms with Crippen LogP contribution in [0.1, 0.15) is 34.6 Å². The predicted octanol–water partition coefficient (Wildman–Crippen LogP) is 0.0826. The van der Waals surface area contributed by atoms with Crippen LogP contribution in [0.15, 0.2) is 0 Å². The van der Waals surface area contributed by atoms with Gasteiger partial charge in [-0.1, -0.05) is 0 Å². The van der Waals surface area contributed by atoms with Crippen molar-refractivity contribution in [2.45, 2.75) is 20.0 Å². The number of ether oxygens (including phenoxy) is 2. The van der Waals surface area contributed by atoms with E-state index in [0.29, 0.717) is 0 Å². The number of amides is 3. The van der Waals surface area contributed by atoms with Crippen LogP contribution >= 0.6 is 67.8 Å². The molecule has 0 aliphatic rings. The number of carbonyl (C=O) groups excluding carboxylic acids is 5. The SMILES string of the molecule is CC(=O)OCCNC(=O)c1c(I)c(NC(=O)COC(C)=O)c(I)c(C(=O)N(CCO)CC(O)CO)c1I. The first-order chi connectivity index (χ1) is 17.3. The van der Waals surface area contributed by atoms with Crippen molar-refractivity contribution in [3.05, 3.63) is 21.8 Å². The summed E-state index contributed by atoms with van der Waals surface area (Å²) in [5.74, 6) is -3.20. The second kappa shape index (κ2) is 16.6. The van der Waals surface area contributed by atoms with Crippen LogP contribution in [0.25, 0.3) is 0 Å². The topological polar surface area (TPSA) is 192 Å².